The van der Waals surface area contributed by atoms with Gasteiger partial charge >= 0.3 is 0 Å². The van der Waals surface area contributed by atoms with Crippen LogP contribution >= 0.6 is 27.7 Å². The molecule has 0 spiro atoms. The Morgan fingerprint density at radius 2 is 2.12 bits per heavy atom. The number of halogens is 3. The van der Waals surface area contributed by atoms with Crippen molar-refractivity contribution >= 4 is 39.3 Å². The maximum atomic E-state index is 13.4. The summed E-state index contributed by atoms with van der Waals surface area (Å²) in [6.45, 7) is 0. The van der Waals surface area contributed by atoms with Gasteiger partial charge in [-0.05, 0) is 12.1 Å². The van der Waals surface area contributed by atoms with E-state index in [-0.39, 0.29) is 0 Å². The number of anilines is 1. The fraction of sp³-hybridized carbons (Fsp3) is 0.300. The van der Waals surface area contributed by atoms with Gasteiger partial charge in [-0.1, -0.05) is 15.9 Å². The van der Waals surface area contributed by atoms with Crippen molar-refractivity contribution < 1.29 is 13.6 Å². The van der Waals surface area contributed by atoms with Crippen LogP contribution in [0.25, 0.3) is 0 Å². The number of rotatable bonds is 2. The molecule has 3 nitrogen and oxygen atoms in total. The number of benzene rings is 1. The van der Waals surface area contributed by atoms with E-state index < -0.39 is 29.3 Å². The van der Waals surface area contributed by atoms with E-state index in [0.717, 1.165) is 12.1 Å². The highest BCUT2D eigenvalue weighted by Crippen LogP contribution is 2.24. The third kappa shape index (κ3) is 2.97. The van der Waals surface area contributed by atoms with Crippen LogP contribution in [0, 0.1) is 11.6 Å². The lowest BCUT2D eigenvalue weighted by Gasteiger charge is -2.12. The highest BCUT2D eigenvalue weighted by Gasteiger charge is 2.24. The van der Waals surface area contributed by atoms with Gasteiger partial charge in [-0.15, -0.1) is 11.8 Å². The van der Waals surface area contributed by atoms with Crippen molar-refractivity contribution in [3.8, 4) is 0 Å². The summed E-state index contributed by atoms with van der Waals surface area (Å²) in [7, 11) is 0. The predicted molar refractivity (Wildman–Crippen MR) is 66.9 cm³/mol. The molecule has 1 aliphatic rings. The van der Waals surface area contributed by atoms with Gasteiger partial charge in [0.05, 0.1) is 6.04 Å². The maximum Gasteiger partial charge on any atom is 0.242 e. The molecule has 0 saturated carbocycles. The maximum absolute atomic E-state index is 13.4. The van der Waals surface area contributed by atoms with Crippen LogP contribution in [0.15, 0.2) is 16.6 Å². The average molecular weight is 323 g/mol. The van der Waals surface area contributed by atoms with Crippen molar-refractivity contribution in [2.75, 3.05) is 16.9 Å². The molecular weight excluding hydrogens is 314 g/mol. The predicted octanol–water partition coefficient (Wildman–Crippen LogP) is 2.33. The largest absolute Gasteiger partial charge is 0.320 e. The molecule has 2 rings (SSSR count). The zero-order valence-corrected chi connectivity index (χ0v) is 11.0. The number of hydrogen-bond acceptors (Lipinski definition) is 3. The summed E-state index contributed by atoms with van der Waals surface area (Å²) in [6, 6.07) is 1.81. The third-order valence-electron chi connectivity index (χ3n) is 2.29. The van der Waals surface area contributed by atoms with Gasteiger partial charge in [0.1, 0.15) is 5.69 Å². The fourth-order valence-electron chi connectivity index (χ4n) is 1.44. The first-order chi connectivity index (χ1) is 8.08. The van der Waals surface area contributed by atoms with Gasteiger partial charge < -0.3 is 5.32 Å². The van der Waals surface area contributed by atoms with E-state index in [0.29, 0.717) is 16.1 Å². The van der Waals surface area contributed by atoms with Crippen LogP contribution in [0.3, 0.4) is 0 Å². The summed E-state index contributed by atoms with van der Waals surface area (Å²) >= 11 is 4.54. The zero-order chi connectivity index (χ0) is 12.4. The fourth-order valence-corrected chi connectivity index (χ4v) is 2.78. The second-order valence-corrected chi connectivity index (χ2v) is 5.45. The lowest BCUT2D eigenvalue weighted by atomic mass is 10.2. The van der Waals surface area contributed by atoms with E-state index in [1.54, 1.807) is 11.8 Å². The Morgan fingerprint density at radius 3 is 2.65 bits per heavy atom. The van der Waals surface area contributed by atoms with Crippen LogP contribution in [0.2, 0.25) is 0 Å². The minimum absolute atomic E-state index is 0.292. The molecule has 1 heterocycles. The minimum Gasteiger partial charge on any atom is -0.320 e. The van der Waals surface area contributed by atoms with E-state index >= 15 is 0 Å². The Bertz CT molecular complexity index is 429. The molecule has 1 atom stereocenters. The second kappa shape index (κ2) is 5.32. The highest BCUT2D eigenvalue weighted by atomic mass is 79.9. The molecule has 2 N–H and O–H groups in total. The molecule has 1 unspecified atom stereocenters. The Labute approximate surface area is 109 Å². The van der Waals surface area contributed by atoms with Gasteiger partial charge in [-0.2, -0.15) is 0 Å². The van der Waals surface area contributed by atoms with Crippen molar-refractivity contribution in [3.63, 3.8) is 0 Å². The van der Waals surface area contributed by atoms with Crippen molar-refractivity contribution in [1.82, 2.24) is 5.32 Å². The van der Waals surface area contributed by atoms with E-state index in [1.165, 1.54) is 0 Å². The smallest absolute Gasteiger partial charge is 0.242 e. The summed E-state index contributed by atoms with van der Waals surface area (Å²) < 4.78 is 27.2. The molecule has 1 amide bonds. The number of thioether (sulfide) groups is 1. The summed E-state index contributed by atoms with van der Waals surface area (Å²) in [5.41, 5.74) is -0.406. The SMILES string of the molecule is O=C(Nc1c(F)cc(Br)cc1F)C1CSCN1. The normalized spacial score (nSPS) is 19.4. The Hall–Kier alpha value is -0.660. The molecule has 0 aromatic heterocycles. The van der Waals surface area contributed by atoms with Crippen LogP contribution in [-0.4, -0.2) is 23.6 Å². The number of carbonyl (C=O) groups excluding carboxylic acids is 1. The lowest BCUT2D eigenvalue weighted by Crippen LogP contribution is -2.37. The molecule has 1 aliphatic heterocycles. The number of carbonyl (C=O) groups is 1. The van der Waals surface area contributed by atoms with Gasteiger partial charge in [0, 0.05) is 16.1 Å². The highest BCUT2D eigenvalue weighted by molar-refractivity contribution is 9.10. The van der Waals surface area contributed by atoms with Gasteiger partial charge in [0.15, 0.2) is 11.6 Å². The van der Waals surface area contributed by atoms with Crippen LogP contribution in [0.4, 0.5) is 14.5 Å². The Balaban J connectivity index is 2.15. The first-order valence-electron chi connectivity index (χ1n) is 4.84. The molecule has 1 aromatic rings. The van der Waals surface area contributed by atoms with Crippen LogP contribution in [-0.2, 0) is 4.79 Å². The monoisotopic (exact) mass is 322 g/mol. The lowest BCUT2D eigenvalue weighted by molar-refractivity contribution is -0.117. The minimum atomic E-state index is -0.795. The first kappa shape index (κ1) is 12.8. The van der Waals surface area contributed by atoms with Crippen molar-refractivity contribution in [3.05, 3.63) is 28.2 Å². The molecule has 0 bridgehead atoms. The molecule has 1 saturated heterocycles. The van der Waals surface area contributed by atoms with Gasteiger partial charge in [0.25, 0.3) is 0 Å². The summed E-state index contributed by atoms with van der Waals surface area (Å²) in [5, 5.41) is 5.19. The average Bonchev–Trinajstić information content (AvgIpc) is 2.76. The first-order valence-corrected chi connectivity index (χ1v) is 6.79. The molecule has 0 aliphatic carbocycles. The van der Waals surface area contributed by atoms with E-state index in [2.05, 4.69) is 26.6 Å². The van der Waals surface area contributed by atoms with Crippen LogP contribution < -0.4 is 10.6 Å². The van der Waals surface area contributed by atoms with Gasteiger partial charge in [-0.3, -0.25) is 10.1 Å². The second-order valence-electron chi connectivity index (χ2n) is 3.51. The molecule has 92 valence electrons. The Morgan fingerprint density at radius 1 is 1.47 bits per heavy atom. The number of hydrogen-bond donors (Lipinski definition) is 2. The summed E-state index contributed by atoms with van der Waals surface area (Å²) in [6.07, 6.45) is 0. The van der Waals surface area contributed by atoms with Crippen LogP contribution in [0.5, 0.6) is 0 Å². The van der Waals surface area contributed by atoms with Crippen LogP contribution in [0.1, 0.15) is 0 Å². The van der Waals surface area contributed by atoms with Gasteiger partial charge in [0.2, 0.25) is 5.91 Å². The molecule has 0 radical (unpaired) electrons. The Kier molecular flexibility index (Phi) is 4.01. The topological polar surface area (TPSA) is 41.1 Å². The van der Waals surface area contributed by atoms with Crippen molar-refractivity contribution in [1.29, 1.82) is 0 Å². The number of amides is 1. The van der Waals surface area contributed by atoms with Crippen molar-refractivity contribution in [2.24, 2.45) is 0 Å². The quantitative estimate of drug-likeness (QED) is 0.878. The van der Waals surface area contributed by atoms with Crippen molar-refractivity contribution in [2.45, 2.75) is 6.04 Å². The third-order valence-corrected chi connectivity index (χ3v) is 3.69. The molecule has 17 heavy (non-hydrogen) atoms. The molecule has 7 heteroatoms. The molecule has 1 fully saturated rings. The molecular formula is C10H9BrF2N2OS. The summed E-state index contributed by atoms with van der Waals surface area (Å²) in [5.74, 6) is -0.739. The standard InChI is InChI=1S/C10H9BrF2N2OS/c11-5-1-6(12)9(7(13)2-5)15-10(16)8-3-17-4-14-8/h1-2,8,14H,3-4H2,(H,15,16). The van der Waals surface area contributed by atoms with E-state index in [4.69, 9.17) is 0 Å². The van der Waals surface area contributed by atoms with Gasteiger partial charge in [-0.25, -0.2) is 8.78 Å². The van der Waals surface area contributed by atoms with E-state index in [9.17, 15) is 13.6 Å². The number of nitrogens with one attached hydrogen (secondary N) is 2. The molecule has 1 aromatic carbocycles. The zero-order valence-electron chi connectivity index (χ0n) is 8.60. The van der Waals surface area contributed by atoms with E-state index in [1.807, 2.05) is 0 Å². The summed E-state index contributed by atoms with van der Waals surface area (Å²) in [4.78, 5) is 11.7.